The van der Waals surface area contributed by atoms with Crippen molar-refractivity contribution < 1.29 is 4.39 Å². The Morgan fingerprint density at radius 1 is 1.06 bits per heavy atom. The summed E-state index contributed by atoms with van der Waals surface area (Å²) in [4.78, 5) is 15.4. The number of thioether (sulfide) groups is 1. The molecule has 156 valence electrons. The Morgan fingerprint density at radius 2 is 1.90 bits per heavy atom. The lowest BCUT2D eigenvalue weighted by molar-refractivity contribution is 0.443. The molecule has 1 saturated heterocycles. The van der Waals surface area contributed by atoms with Crippen molar-refractivity contribution in [2.75, 3.05) is 29.5 Å². The molecule has 2 aromatic heterocycles. The van der Waals surface area contributed by atoms with Crippen LogP contribution in [0.1, 0.15) is 0 Å². The van der Waals surface area contributed by atoms with Crippen LogP contribution in [0.2, 0.25) is 0 Å². The Labute approximate surface area is 192 Å². The van der Waals surface area contributed by atoms with Gasteiger partial charge >= 0.3 is 0 Å². The lowest BCUT2D eigenvalue weighted by Gasteiger charge is -2.30. The van der Waals surface area contributed by atoms with E-state index in [1.54, 1.807) is 0 Å². The van der Waals surface area contributed by atoms with Gasteiger partial charge in [-0.05, 0) is 41.5 Å². The van der Waals surface area contributed by atoms with Crippen LogP contribution >= 0.6 is 27.7 Å². The van der Waals surface area contributed by atoms with E-state index in [-0.39, 0.29) is 0 Å². The molecule has 0 amide bonds. The molecule has 3 heterocycles. The standard InChI is InChI=1S/C23H19BrFN5S/c24-16-5-1-3-14(9-16)18-11-19(29-23-21(18)22(26)27-13-28-23)15-4-2-6-17(10-15)30-7-8-31-20(25)12-30/h1-6,9-11,13,20H,7-8,12H2,(H2,26,27,28,29). The Bertz CT molecular complexity index is 1270. The molecule has 8 heteroatoms. The number of alkyl halides is 1. The highest BCUT2D eigenvalue weighted by molar-refractivity contribution is 9.10. The monoisotopic (exact) mass is 495 g/mol. The number of rotatable bonds is 3. The number of nitrogens with two attached hydrogens (primary N) is 1. The second-order valence-corrected chi connectivity index (χ2v) is 9.47. The van der Waals surface area contributed by atoms with E-state index in [0.717, 1.165) is 50.2 Å². The highest BCUT2D eigenvalue weighted by atomic mass is 79.9. The van der Waals surface area contributed by atoms with Gasteiger partial charge in [0.05, 0.1) is 17.6 Å². The third-order valence-electron chi connectivity index (χ3n) is 5.30. The maximum atomic E-state index is 13.9. The number of benzene rings is 2. The summed E-state index contributed by atoms with van der Waals surface area (Å²) in [6, 6.07) is 18.1. The van der Waals surface area contributed by atoms with Crippen molar-refractivity contribution in [3.05, 3.63) is 65.4 Å². The van der Waals surface area contributed by atoms with Crippen LogP contribution in [0.5, 0.6) is 0 Å². The van der Waals surface area contributed by atoms with E-state index < -0.39 is 5.50 Å². The Kier molecular flexibility index (Phi) is 5.50. The predicted octanol–water partition coefficient (Wildman–Crippen LogP) is 5.55. The van der Waals surface area contributed by atoms with Crippen molar-refractivity contribution in [1.82, 2.24) is 15.0 Å². The number of halogens is 2. The molecule has 4 aromatic rings. The number of nitrogen functional groups attached to an aromatic ring is 1. The third-order valence-corrected chi connectivity index (χ3v) is 6.72. The summed E-state index contributed by atoms with van der Waals surface area (Å²) in [6.07, 6.45) is 1.43. The fraction of sp³-hybridized carbons (Fsp3) is 0.174. The first kappa shape index (κ1) is 20.2. The molecule has 31 heavy (non-hydrogen) atoms. The molecule has 0 bridgehead atoms. The number of fused-ring (bicyclic) bond motifs is 1. The number of pyridine rings is 1. The first-order chi connectivity index (χ1) is 15.1. The van der Waals surface area contributed by atoms with E-state index in [9.17, 15) is 4.39 Å². The van der Waals surface area contributed by atoms with Gasteiger partial charge in [0, 0.05) is 28.0 Å². The van der Waals surface area contributed by atoms with Crippen molar-refractivity contribution >= 4 is 50.2 Å². The van der Waals surface area contributed by atoms with Crippen LogP contribution in [-0.2, 0) is 0 Å². The number of nitrogens with zero attached hydrogens (tertiary/aromatic N) is 4. The smallest absolute Gasteiger partial charge is 0.165 e. The maximum Gasteiger partial charge on any atom is 0.165 e. The van der Waals surface area contributed by atoms with E-state index in [0.29, 0.717) is 18.0 Å². The molecule has 1 aliphatic rings. The van der Waals surface area contributed by atoms with Crippen molar-refractivity contribution in [3.63, 3.8) is 0 Å². The second kappa shape index (κ2) is 8.43. The lowest BCUT2D eigenvalue weighted by Crippen LogP contribution is -2.36. The van der Waals surface area contributed by atoms with Gasteiger partial charge in [0.25, 0.3) is 0 Å². The number of anilines is 2. The van der Waals surface area contributed by atoms with Gasteiger partial charge < -0.3 is 10.6 Å². The minimum atomic E-state index is -0.862. The molecule has 1 aliphatic heterocycles. The number of hydrogen-bond donors (Lipinski definition) is 1. The first-order valence-corrected chi connectivity index (χ1v) is 11.7. The van der Waals surface area contributed by atoms with Crippen LogP contribution in [-0.4, -0.2) is 39.3 Å². The summed E-state index contributed by atoms with van der Waals surface area (Å²) in [7, 11) is 0. The molecule has 0 aliphatic carbocycles. The molecule has 2 N–H and O–H groups in total. The van der Waals surface area contributed by atoms with Crippen molar-refractivity contribution in [3.8, 4) is 22.4 Å². The Morgan fingerprint density at radius 3 is 2.74 bits per heavy atom. The summed E-state index contributed by atoms with van der Waals surface area (Å²) in [5, 5.41) is 0.730. The van der Waals surface area contributed by atoms with E-state index in [2.05, 4.69) is 36.9 Å². The minimum absolute atomic E-state index is 0.395. The summed E-state index contributed by atoms with van der Waals surface area (Å²) in [6.45, 7) is 1.22. The van der Waals surface area contributed by atoms with Gasteiger partial charge in [0.1, 0.15) is 12.1 Å². The SMILES string of the molecule is Nc1ncnc2nc(-c3cccc(N4CCSC(F)C4)c3)cc(-c3cccc(Br)c3)c12. The molecule has 0 radical (unpaired) electrons. The summed E-state index contributed by atoms with van der Waals surface area (Å²) >= 11 is 4.92. The molecular weight excluding hydrogens is 477 g/mol. The second-order valence-electron chi connectivity index (χ2n) is 7.30. The topological polar surface area (TPSA) is 67.9 Å². The molecule has 0 saturated carbocycles. The molecule has 1 unspecified atom stereocenters. The molecular formula is C23H19BrFN5S. The zero-order chi connectivity index (χ0) is 21.4. The molecule has 1 atom stereocenters. The molecule has 2 aromatic carbocycles. The fourth-order valence-electron chi connectivity index (χ4n) is 3.82. The van der Waals surface area contributed by atoms with Crippen LogP contribution in [0, 0.1) is 0 Å². The number of aromatic nitrogens is 3. The van der Waals surface area contributed by atoms with Crippen molar-refractivity contribution in [2.24, 2.45) is 0 Å². The molecule has 5 rings (SSSR count). The number of hydrogen-bond acceptors (Lipinski definition) is 6. The van der Waals surface area contributed by atoms with E-state index in [1.165, 1.54) is 18.1 Å². The molecule has 5 nitrogen and oxygen atoms in total. The van der Waals surface area contributed by atoms with Crippen LogP contribution in [0.4, 0.5) is 15.9 Å². The predicted molar refractivity (Wildman–Crippen MR) is 130 cm³/mol. The van der Waals surface area contributed by atoms with Gasteiger partial charge in [-0.2, -0.15) is 0 Å². The van der Waals surface area contributed by atoms with E-state index >= 15 is 0 Å². The van der Waals surface area contributed by atoms with E-state index in [1.807, 2.05) is 48.5 Å². The van der Waals surface area contributed by atoms with Gasteiger partial charge in [0.2, 0.25) is 0 Å². The molecule has 0 spiro atoms. The Balaban J connectivity index is 1.65. The van der Waals surface area contributed by atoms with Crippen LogP contribution in [0.15, 0.2) is 65.4 Å². The van der Waals surface area contributed by atoms with Crippen molar-refractivity contribution in [2.45, 2.75) is 5.50 Å². The van der Waals surface area contributed by atoms with Gasteiger partial charge in [-0.25, -0.2) is 19.3 Å². The third kappa shape index (κ3) is 4.09. The fourth-order valence-corrected chi connectivity index (χ4v) is 5.09. The highest BCUT2D eigenvalue weighted by Crippen LogP contribution is 2.35. The first-order valence-electron chi connectivity index (χ1n) is 9.87. The lowest BCUT2D eigenvalue weighted by atomic mass is 9.99. The van der Waals surface area contributed by atoms with Crippen molar-refractivity contribution in [1.29, 1.82) is 0 Å². The Hall–Kier alpha value is -2.71. The highest BCUT2D eigenvalue weighted by Gasteiger charge is 2.20. The average molecular weight is 496 g/mol. The normalized spacial score (nSPS) is 16.6. The molecule has 1 fully saturated rings. The summed E-state index contributed by atoms with van der Waals surface area (Å²) in [5.74, 6) is 1.18. The quantitative estimate of drug-likeness (QED) is 0.401. The van der Waals surface area contributed by atoms with Gasteiger partial charge in [-0.3, -0.25) is 0 Å². The van der Waals surface area contributed by atoms with Gasteiger partial charge in [-0.15, -0.1) is 11.8 Å². The average Bonchev–Trinajstić information content (AvgIpc) is 2.79. The maximum absolute atomic E-state index is 13.9. The van der Waals surface area contributed by atoms with Gasteiger partial charge in [-0.1, -0.05) is 40.2 Å². The zero-order valence-electron chi connectivity index (χ0n) is 16.5. The summed E-state index contributed by atoms with van der Waals surface area (Å²) in [5.41, 5.74) is 10.5. The van der Waals surface area contributed by atoms with Crippen LogP contribution < -0.4 is 10.6 Å². The summed E-state index contributed by atoms with van der Waals surface area (Å²) < 4.78 is 14.9. The van der Waals surface area contributed by atoms with Gasteiger partial charge in [0.15, 0.2) is 11.2 Å². The van der Waals surface area contributed by atoms with Crippen LogP contribution in [0.25, 0.3) is 33.4 Å². The minimum Gasteiger partial charge on any atom is -0.383 e. The zero-order valence-corrected chi connectivity index (χ0v) is 18.9. The largest absolute Gasteiger partial charge is 0.383 e. The van der Waals surface area contributed by atoms with E-state index in [4.69, 9.17) is 10.7 Å². The van der Waals surface area contributed by atoms with Crippen LogP contribution in [0.3, 0.4) is 0 Å².